The van der Waals surface area contributed by atoms with Gasteiger partial charge in [0.15, 0.2) is 0 Å². The zero-order valence-electron chi connectivity index (χ0n) is 9.29. The molecule has 0 rings (SSSR count). The molecule has 0 saturated carbocycles. The third-order valence-corrected chi connectivity index (χ3v) is 6.44. The Morgan fingerprint density at radius 2 is 1.54 bits per heavy atom. The minimum atomic E-state index is -0.932. The molecule has 0 heterocycles. The zero-order valence-corrected chi connectivity index (χ0v) is 13.5. The van der Waals surface area contributed by atoms with Crippen molar-refractivity contribution in [2.24, 2.45) is 5.41 Å². The summed E-state index contributed by atoms with van der Waals surface area (Å²) in [4.78, 5) is 0. The maximum Gasteiger partial charge on any atom is 0.0448 e. The fourth-order valence-corrected chi connectivity index (χ4v) is 7.30. The third kappa shape index (κ3) is 5.58. The largest absolute Gasteiger partial charge is 0.0922 e. The van der Waals surface area contributed by atoms with Crippen LogP contribution in [-0.4, -0.2) is 18.7 Å². The molecule has 0 unspecified atom stereocenters. The van der Waals surface area contributed by atoms with Crippen molar-refractivity contribution in [1.82, 2.24) is 0 Å². The standard InChI is InChI=1S/C10H22Br2Si/c1-5-6-10(7-11,8-12)9-13(2,3)4/h5-9H2,1-4H3. The fourth-order valence-electron chi connectivity index (χ4n) is 2.01. The average Bonchev–Trinajstić information content (AvgIpc) is 2.01. The van der Waals surface area contributed by atoms with Crippen molar-refractivity contribution in [3.63, 3.8) is 0 Å². The van der Waals surface area contributed by atoms with Gasteiger partial charge in [0.1, 0.15) is 0 Å². The maximum atomic E-state index is 3.68. The summed E-state index contributed by atoms with van der Waals surface area (Å²) < 4.78 is 0. The summed E-state index contributed by atoms with van der Waals surface area (Å²) in [5, 5.41) is 2.28. The van der Waals surface area contributed by atoms with Crippen LogP contribution in [0.4, 0.5) is 0 Å². The van der Waals surface area contributed by atoms with Crippen molar-refractivity contribution in [1.29, 1.82) is 0 Å². The second-order valence-corrected chi connectivity index (χ2v) is 11.9. The summed E-state index contributed by atoms with van der Waals surface area (Å²) in [5.74, 6) is 0. The van der Waals surface area contributed by atoms with Crippen molar-refractivity contribution in [2.45, 2.75) is 45.5 Å². The summed E-state index contributed by atoms with van der Waals surface area (Å²) in [7, 11) is -0.932. The van der Waals surface area contributed by atoms with Crippen LogP contribution in [0.1, 0.15) is 19.8 Å². The highest BCUT2D eigenvalue weighted by Gasteiger charge is 2.32. The molecule has 0 nitrogen and oxygen atoms in total. The van der Waals surface area contributed by atoms with Crippen LogP contribution >= 0.6 is 31.9 Å². The van der Waals surface area contributed by atoms with Gasteiger partial charge in [0, 0.05) is 18.7 Å². The van der Waals surface area contributed by atoms with Gasteiger partial charge in [-0.2, -0.15) is 0 Å². The smallest absolute Gasteiger partial charge is 0.0448 e. The van der Waals surface area contributed by atoms with Gasteiger partial charge in [-0.3, -0.25) is 0 Å². The van der Waals surface area contributed by atoms with Crippen molar-refractivity contribution in [3.05, 3.63) is 0 Å². The quantitative estimate of drug-likeness (QED) is 0.480. The van der Waals surface area contributed by atoms with E-state index in [1.165, 1.54) is 18.9 Å². The molecule has 13 heavy (non-hydrogen) atoms. The second-order valence-electron chi connectivity index (χ2n) is 5.25. The monoisotopic (exact) mass is 328 g/mol. The fraction of sp³-hybridized carbons (Fsp3) is 1.00. The summed E-state index contributed by atoms with van der Waals surface area (Å²) in [6.45, 7) is 9.67. The highest BCUT2D eigenvalue weighted by molar-refractivity contribution is 9.09. The number of halogens is 2. The van der Waals surface area contributed by atoms with Crippen LogP contribution in [0.3, 0.4) is 0 Å². The molecule has 3 heteroatoms. The van der Waals surface area contributed by atoms with Crippen molar-refractivity contribution < 1.29 is 0 Å². The molecule has 0 aliphatic heterocycles. The molecule has 80 valence electrons. The van der Waals surface area contributed by atoms with Gasteiger partial charge in [0.2, 0.25) is 0 Å². The second kappa shape index (κ2) is 5.91. The van der Waals surface area contributed by atoms with E-state index in [9.17, 15) is 0 Å². The SMILES string of the molecule is CCCC(CBr)(CBr)C[Si](C)(C)C. The van der Waals surface area contributed by atoms with E-state index in [0.717, 1.165) is 10.7 Å². The summed E-state index contributed by atoms with van der Waals surface area (Å²) >= 11 is 7.36. The van der Waals surface area contributed by atoms with E-state index >= 15 is 0 Å². The minimum Gasteiger partial charge on any atom is -0.0922 e. The Morgan fingerprint density at radius 1 is 1.08 bits per heavy atom. The molecular formula is C10H22Br2Si. The van der Waals surface area contributed by atoms with Gasteiger partial charge in [-0.25, -0.2) is 0 Å². The van der Waals surface area contributed by atoms with Crippen LogP contribution in [0.15, 0.2) is 0 Å². The first-order valence-corrected chi connectivity index (χ1v) is 11.0. The lowest BCUT2D eigenvalue weighted by molar-refractivity contribution is 0.392. The highest BCUT2D eigenvalue weighted by Crippen LogP contribution is 2.37. The topological polar surface area (TPSA) is 0 Å². The minimum absolute atomic E-state index is 0.513. The molecule has 0 aliphatic carbocycles. The average molecular weight is 330 g/mol. The molecule has 0 spiro atoms. The molecule has 0 radical (unpaired) electrons. The number of alkyl halides is 2. The Balaban J connectivity index is 4.38. The predicted octanol–water partition coefficient (Wildman–Crippen LogP) is 4.90. The Morgan fingerprint density at radius 3 is 1.77 bits per heavy atom. The number of rotatable bonds is 6. The first-order valence-electron chi connectivity index (χ1n) is 5.01. The molecule has 0 atom stereocenters. The Labute approximate surface area is 101 Å². The van der Waals surface area contributed by atoms with E-state index in [1.807, 2.05) is 0 Å². The lowest BCUT2D eigenvalue weighted by Gasteiger charge is -2.35. The first kappa shape index (κ1) is 14.2. The van der Waals surface area contributed by atoms with Crippen LogP contribution in [0.25, 0.3) is 0 Å². The molecule has 0 saturated heterocycles. The lowest BCUT2D eigenvalue weighted by Crippen LogP contribution is -2.35. The number of hydrogen-bond acceptors (Lipinski definition) is 0. The van der Waals surface area contributed by atoms with E-state index in [2.05, 4.69) is 58.4 Å². The molecule has 0 bridgehead atoms. The predicted molar refractivity (Wildman–Crippen MR) is 73.1 cm³/mol. The van der Waals surface area contributed by atoms with Crippen LogP contribution in [0.5, 0.6) is 0 Å². The summed E-state index contributed by atoms with van der Waals surface area (Å²) in [5.41, 5.74) is 0.513. The molecule has 0 aromatic carbocycles. The maximum absolute atomic E-state index is 3.68. The van der Waals surface area contributed by atoms with Gasteiger partial charge in [0.05, 0.1) is 0 Å². The Hall–Kier alpha value is 1.18. The van der Waals surface area contributed by atoms with E-state index < -0.39 is 8.07 Å². The Bertz CT molecular complexity index is 136. The van der Waals surface area contributed by atoms with Gasteiger partial charge in [-0.05, 0) is 11.8 Å². The molecular weight excluding hydrogens is 308 g/mol. The molecule has 0 aliphatic rings. The van der Waals surface area contributed by atoms with Crippen LogP contribution < -0.4 is 0 Å². The van der Waals surface area contributed by atoms with Crippen molar-refractivity contribution in [2.75, 3.05) is 10.7 Å². The van der Waals surface area contributed by atoms with Crippen molar-refractivity contribution >= 4 is 39.9 Å². The van der Waals surface area contributed by atoms with Crippen LogP contribution in [0.2, 0.25) is 25.7 Å². The van der Waals surface area contributed by atoms with E-state index in [-0.39, 0.29) is 0 Å². The Kier molecular flexibility index (Phi) is 6.45. The van der Waals surface area contributed by atoms with Crippen LogP contribution in [-0.2, 0) is 0 Å². The van der Waals surface area contributed by atoms with Crippen molar-refractivity contribution in [3.8, 4) is 0 Å². The normalized spacial score (nSPS) is 13.4. The molecule has 0 N–H and O–H groups in total. The van der Waals surface area contributed by atoms with Crippen LogP contribution in [0, 0.1) is 5.41 Å². The van der Waals surface area contributed by atoms with E-state index in [1.54, 1.807) is 0 Å². The van der Waals surface area contributed by atoms with Gasteiger partial charge in [0.25, 0.3) is 0 Å². The lowest BCUT2D eigenvalue weighted by atomic mass is 9.90. The van der Waals surface area contributed by atoms with Gasteiger partial charge in [-0.15, -0.1) is 0 Å². The van der Waals surface area contributed by atoms with Gasteiger partial charge < -0.3 is 0 Å². The van der Waals surface area contributed by atoms with E-state index in [0.29, 0.717) is 5.41 Å². The molecule has 0 aromatic rings. The highest BCUT2D eigenvalue weighted by atomic mass is 79.9. The molecule has 0 aromatic heterocycles. The summed E-state index contributed by atoms with van der Waals surface area (Å²) in [6, 6.07) is 1.42. The third-order valence-electron chi connectivity index (χ3n) is 2.25. The van der Waals surface area contributed by atoms with Gasteiger partial charge in [-0.1, -0.05) is 70.9 Å². The zero-order chi connectivity index (χ0) is 10.5. The van der Waals surface area contributed by atoms with E-state index in [4.69, 9.17) is 0 Å². The number of hydrogen-bond donors (Lipinski definition) is 0. The molecule has 0 amide bonds. The molecule has 0 fully saturated rings. The first-order chi connectivity index (χ1) is 5.89. The summed E-state index contributed by atoms with van der Waals surface area (Å²) in [6.07, 6.45) is 2.63. The van der Waals surface area contributed by atoms with Gasteiger partial charge >= 0.3 is 0 Å².